The molecule has 0 aliphatic rings. The number of benzene rings is 1. The van der Waals surface area contributed by atoms with Gasteiger partial charge in [0.15, 0.2) is 0 Å². The van der Waals surface area contributed by atoms with Gasteiger partial charge in [-0.2, -0.15) is 5.10 Å². The second kappa shape index (κ2) is 8.66. The summed E-state index contributed by atoms with van der Waals surface area (Å²) < 4.78 is 26.3. The Balaban J connectivity index is 1.95. The second-order valence-electron chi connectivity index (χ2n) is 5.87. The first kappa shape index (κ1) is 20.4. The third-order valence-corrected chi connectivity index (χ3v) is 6.18. The lowest BCUT2D eigenvalue weighted by Gasteiger charge is -2.15. The minimum atomic E-state index is -3.19. The minimum Gasteiger partial charge on any atom is -0.352 e. The summed E-state index contributed by atoms with van der Waals surface area (Å²) in [5.41, 5.74) is 1.95. The number of carbonyl (C=O) groups is 1. The van der Waals surface area contributed by atoms with Crippen LogP contribution < -0.4 is 5.32 Å². The van der Waals surface area contributed by atoms with Crippen LogP contribution in [0.25, 0.3) is 5.69 Å². The third kappa shape index (κ3) is 4.84. The van der Waals surface area contributed by atoms with Crippen LogP contribution in [0.5, 0.6) is 0 Å². The second-order valence-corrected chi connectivity index (χ2v) is 8.67. The molecule has 0 spiro atoms. The van der Waals surface area contributed by atoms with Gasteiger partial charge in [-0.1, -0.05) is 17.7 Å². The van der Waals surface area contributed by atoms with E-state index in [0.717, 1.165) is 5.69 Å². The lowest BCUT2D eigenvalue weighted by molar-refractivity contribution is 0.0952. The van der Waals surface area contributed by atoms with Crippen molar-refractivity contribution in [1.82, 2.24) is 19.4 Å². The first-order valence-corrected chi connectivity index (χ1v) is 10.3. The molecule has 1 amide bonds. The Labute approximate surface area is 159 Å². The monoisotopic (exact) mass is 398 g/mol. The van der Waals surface area contributed by atoms with Crippen molar-refractivity contribution in [3.63, 3.8) is 0 Å². The topological polar surface area (TPSA) is 84.3 Å². The minimum absolute atomic E-state index is 0.0672. The first-order valence-electron chi connectivity index (χ1n) is 8.29. The molecule has 0 atom stereocenters. The van der Waals surface area contributed by atoms with E-state index in [-0.39, 0.29) is 11.7 Å². The van der Waals surface area contributed by atoms with E-state index in [2.05, 4.69) is 10.4 Å². The van der Waals surface area contributed by atoms with Crippen molar-refractivity contribution < 1.29 is 13.2 Å². The molecule has 0 fully saturated rings. The van der Waals surface area contributed by atoms with E-state index < -0.39 is 10.0 Å². The average molecular weight is 399 g/mol. The Kier molecular flexibility index (Phi) is 6.80. The van der Waals surface area contributed by atoms with E-state index >= 15 is 0 Å². The van der Waals surface area contributed by atoms with Crippen LogP contribution in [-0.2, 0) is 10.0 Å². The van der Waals surface area contributed by atoms with E-state index in [1.807, 2.05) is 19.1 Å². The fourth-order valence-electron chi connectivity index (χ4n) is 2.46. The maximum atomic E-state index is 12.4. The maximum absolute atomic E-state index is 12.4. The molecule has 1 aromatic heterocycles. The lowest BCUT2D eigenvalue weighted by Crippen LogP contribution is -2.32. The van der Waals surface area contributed by atoms with Gasteiger partial charge in [-0.25, -0.2) is 17.4 Å². The van der Waals surface area contributed by atoms with E-state index in [0.29, 0.717) is 35.8 Å². The van der Waals surface area contributed by atoms with Crippen molar-refractivity contribution in [2.45, 2.75) is 20.3 Å². The van der Waals surface area contributed by atoms with E-state index in [1.54, 1.807) is 30.8 Å². The SMILES string of the molecule is CCS(=O)(=O)N(C)CCCNC(=O)c1cnn(-c2cccc(Cl)c2)c1C. The van der Waals surface area contributed by atoms with Crippen LogP contribution in [0.4, 0.5) is 0 Å². The van der Waals surface area contributed by atoms with Crippen molar-refractivity contribution in [2.75, 3.05) is 25.9 Å². The van der Waals surface area contributed by atoms with Crippen molar-refractivity contribution >= 4 is 27.5 Å². The zero-order valence-electron chi connectivity index (χ0n) is 15.1. The molecule has 2 aromatic rings. The highest BCUT2D eigenvalue weighted by Gasteiger charge is 2.16. The third-order valence-electron chi connectivity index (χ3n) is 4.08. The molecule has 0 saturated heterocycles. The molecule has 1 N–H and O–H groups in total. The van der Waals surface area contributed by atoms with Crippen LogP contribution in [0, 0.1) is 6.92 Å². The maximum Gasteiger partial charge on any atom is 0.254 e. The number of nitrogens with zero attached hydrogens (tertiary/aromatic N) is 3. The number of amides is 1. The number of sulfonamides is 1. The van der Waals surface area contributed by atoms with Crippen molar-refractivity contribution in [3.05, 3.63) is 46.7 Å². The normalized spacial score (nSPS) is 11.7. The quantitative estimate of drug-likeness (QED) is 0.691. The fourth-order valence-corrected chi connectivity index (χ4v) is 3.49. The van der Waals surface area contributed by atoms with Gasteiger partial charge in [0.2, 0.25) is 10.0 Å². The molecule has 0 aliphatic heterocycles. The molecule has 0 radical (unpaired) electrons. The van der Waals surface area contributed by atoms with Gasteiger partial charge in [-0.15, -0.1) is 0 Å². The molecule has 142 valence electrons. The molecular formula is C17H23ClN4O3S. The molecule has 1 aromatic carbocycles. The van der Waals surface area contributed by atoms with E-state index in [9.17, 15) is 13.2 Å². The standard InChI is InChI=1S/C17H23ClN4O3S/c1-4-26(24,25)21(3)10-6-9-19-17(23)16-12-20-22(13(16)2)15-8-5-7-14(18)11-15/h5,7-8,11-12H,4,6,9-10H2,1-3H3,(H,19,23). The molecule has 0 bridgehead atoms. The van der Waals surface area contributed by atoms with Crippen molar-refractivity contribution in [1.29, 1.82) is 0 Å². The highest BCUT2D eigenvalue weighted by molar-refractivity contribution is 7.89. The van der Waals surface area contributed by atoms with Gasteiger partial charge < -0.3 is 5.32 Å². The van der Waals surface area contributed by atoms with Gasteiger partial charge in [-0.3, -0.25) is 4.79 Å². The largest absolute Gasteiger partial charge is 0.352 e. The summed E-state index contributed by atoms with van der Waals surface area (Å²) in [5.74, 6) is -0.172. The van der Waals surface area contributed by atoms with Gasteiger partial charge in [0, 0.05) is 25.2 Å². The van der Waals surface area contributed by atoms with Gasteiger partial charge in [-0.05, 0) is 38.5 Å². The molecule has 26 heavy (non-hydrogen) atoms. The van der Waals surface area contributed by atoms with Gasteiger partial charge >= 0.3 is 0 Å². The number of rotatable bonds is 8. The molecule has 1 heterocycles. The molecule has 9 heteroatoms. The number of nitrogens with one attached hydrogen (secondary N) is 1. The van der Waals surface area contributed by atoms with Crippen LogP contribution in [0.15, 0.2) is 30.5 Å². The smallest absolute Gasteiger partial charge is 0.254 e. The predicted octanol–water partition coefficient (Wildman–Crippen LogP) is 2.24. The summed E-state index contributed by atoms with van der Waals surface area (Å²) in [4.78, 5) is 12.4. The highest BCUT2D eigenvalue weighted by Crippen LogP contribution is 2.17. The zero-order valence-corrected chi connectivity index (χ0v) is 16.6. The Bertz CT molecular complexity index is 880. The average Bonchev–Trinajstić information content (AvgIpc) is 2.99. The van der Waals surface area contributed by atoms with Crippen LogP contribution in [-0.4, -0.2) is 54.3 Å². The summed E-state index contributed by atoms with van der Waals surface area (Å²) in [7, 11) is -1.65. The van der Waals surface area contributed by atoms with E-state index in [4.69, 9.17) is 11.6 Å². The van der Waals surface area contributed by atoms with Crippen molar-refractivity contribution in [3.8, 4) is 5.69 Å². The summed E-state index contributed by atoms with van der Waals surface area (Å²) in [6.07, 6.45) is 2.04. The van der Waals surface area contributed by atoms with Gasteiger partial charge in [0.05, 0.1) is 28.9 Å². The van der Waals surface area contributed by atoms with Crippen LogP contribution in [0.3, 0.4) is 0 Å². The number of hydrogen-bond acceptors (Lipinski definition) is 4. The molecule has 0 aliphatic carbocycles. The first-order chi connectivity index (χ1) is 12.3. The van der Waals surface area contributed by atoms with E-state index in [1.165, 1.54) is 10.5 Å². The highest BCUT2D eigenvalue weighted by atomic mass is 35.5. The Morgan fingerprint density at radius 3 is 2.77 bits per heavy atom. The van der Waals surface area contributed by atoms with Crippen LogP contribution in [0.1, 0.15) is 29.4 Å². The Morgan fingerprint density at radius 2 is 2.12 bits per heavy atom. The lowest BCUT2D eigenvalue weighted by atomic mass is 10.2. The molecular weight excluding hydrogens is 376 g/mol. The number of aromatic nitrogens is 2. The van der Waals surface area contributed by atoms with Gasteiger partial charge in [0.25, 0.3) is 5.91 Å². The summed E-state index contributed by atoms with van der Waals surface area (Å²) >= 11 is 6.00. The van der Waals surface area contributed by atoms with Gasteiger partial charge in [0.1, 0.15) is 0 Å². The Hall–Kier alpha value is -1.90. The number of halogens is 1. The summed E-state index contributed by atoms with van der Waals surface area (Å²) in [6.45, 7) is 4.15. The molecule has 2 rings (SSSR count). The summed E-state index contributed by atoms with van der Waals surface area (Å²) in [5, 5.41) is 7.65. The molecule has 7 nitrogen and oxygen atoms in total. The molecule has 0 saturated carbocycles. The van der Waals surface area contributed by atoms with Crippen LogP contribution in [0.2, 0.25) is 5.02 Å². The number of hydrogen-bond donors (Lipinski definition) is 1. The number of carbonyl (C=O) groups excluding carboxylic acids is 1. The van der Waals surface area contributed by atoms with Crippen LogP contribution >= 0.6 is 11.6 Å². The Morgan fingerprint density at radius 1 is 1.38 bits per heavy atom. The fraction of sp³-hybridized carbons (Fsp3) is 0.412. The summed E-state index contributed by atoms with van der Waals surface area (Å²) in [6, 6.07) is 7.22. The zero-order chi connectivity index (χ0) is 19.3. The van der Waals surface area contributed by atoms with Crippen molar-refractivity contribution in [2.24, 2.45) is 0 Å². The molecule has 0 unspecified atom stereocenters. The predicted molar refractivity (Wildman–Crippen MR) is 102 cm³/mol.